The van der Waals surface area contributed by atoms with Crippen molar-refractivity contribution in [3.05, 3.63) is 42.4 Å². The van der Waals surface area contributed by atoms with Crippen LogP contribution in [0.5, 0.6) is 0 Å². The Labute approximate surface area is 102 Å². The van der Waals surface area contributed by atoms with Gasteiger partial charge in [0.05, 0.1) is 6.26 Å². The Morgan fingerprint density at radius 3 is 3.00 bits per heavy atom. The van der Waals surface area contributed by atoms with E-state index in [1.54, 1.807) is 6.26 Å². The van der Waals surface area contributed by atoms with Crippen molar-refractivity contribution in [3.8, 4) is 0 Å². The third kappa shape index (κ3) is 2.77. The lowest BCUT2D eigenvalue weighted by Crippen LogP contribution is -2.25. The Balaban J connectivity index is 2.16. The standard InChI is InChI=1S/C13H19N3O/c1-3-4-7-14-12(11-6-5-10-17-11)13-15-8-9-16(13)2/h5-6,8-10,12,14H,3-4,7H2,1-2H3. The molecule has 2 heterocycles. The summed E-state index contributed by atoms with van der Waals surface area (Å²) in [5.41, 5.74) is 0. The first-order chi connectivity index (χ1) is 8.33. The summed E-state index contributed by atoms with van der Waals surface area (Å²) in [6.07, 6.45) is 7.80. The van der Waals surface area contributed by atoms with Crippen LogP contribution in [0.3, 0.4) is 0 Å². The molecule has 0 spiro atoms. The van der Waals surface area contributed by atoms with Gasteiger partial charge in [-0.1, -0.05) is 13.3 Å². The maximum absolute atomic E-state index is 5.49. The quantitative estimate of drug-likeness (QED) is 0.779. The van der Waals surface area contributed by atoms with Crippen molar-refractivity contribution in [2.24, 2.45) is 7.05 Å². The van der Waals surface area contributed by atoms with E-state index >= 15 is 0 Å². The smallest absolute Gasteiger partial charge is 0.133 e. The molecule has 0 aromatic carbocycles. The van der Waals surface area contributed by atoms with Gasteiger partial charge in [-0.3, -0.25) is 0 Å². The number of nitrogens with zero attached hydrogens (tertiary/aromatic N) is 2. The van der Waals surface area contributed by atoms with Crippen LogP contribution in [0.25, 0.3) is 0 Å². The minimum atomic E-state index is 0.0385. The summed E-state index contributed by atoms with van der Waals surface area (Å²) < 4.78 is 7.51. The lowest BCUT2D eigenvalue weighted by Gasteiger charge is -2.16. The van der Waals surface area contributed by atoms with E-state index in [1.165, 1.54) is 6.42 Å². The first-order valence-corrected chi connectivity index (χ1v) is 6.07. The van der Waals surface area contributed by atoms with Crippen LogP contribution >= 0.6 is 0 Å². The van der Waals surface area contributed by atoms with Crippen molar-refractivity contribution in [3.63, 3.8) is 0 Å². The Bertz CT molecular complexity index is 433. The second-order valence-electron chi connectivity index (χ2n) is 4.15. The summed E-state index contributed by atoms with van der Waals surface area (Å²) in [4.78, 5) is 4.39. The molecule has 1 atom stereocenters. The van der Waals surface area contributed by atoms with Crippen LogP contribution < -0.4 is 5.32 Å². The van der Waals surface area contributed by atoms with Crippen molar-refractivity contribution in [2.45, 2.75) is 25.8 Å². The average Bonchev–Trinajstić information content (AvgIpc) is 2.96. The van der Waals surface area contributed by atoms with Crippen molar-refractivity contribution >= 4 is 0 Å². The predicted octanol–water partition coefficient (Wildman–Crippen LogP) is 2.49. The van der Waals surface area contributed by atoms with E-state index < -0.39 is 0 Å². The maximum Gasteiger partial charge on any atom is 0.133 e. The van der Waals surface area contributed by atoms with E-state index in [0.717, 1.165) is 24.6 Å². The molecule has 2 aromatic heterocycles. The third-order valence-electron chi connectivity index (χ3n) is 2.82. The lowest BCUT2D eigenvalue weighted by molar-refractivity contribution is 0.427. The Morgan fingerprint density at radius 1 is 1.53 bits per heavy atom. The Hall–Kier alpha value is -1.55. The minimum Gasteiger partial charge on any atom is -0.467 e. The highest BCUT2D eigenvalue weighted by Gasteiger charge is 2.19. The molecule has 0 bridgehead atoms. The molecule has 17 heavy (non-hydrogen) atoms. The van der Waals surface area contributed by atoms with Crippen LogP contribution in [-0.2, 0) is 7.05 Å². The van der Waals surface area contributed by atoms with Crippen molar-refractivity contribution in [1.82, 2.24) is 14.9 Å². The summed E-state index contributed by atoms with van der Waals surface area (Å²) >= 11 is 0. The van der Waals surface area contributed by atoms with E-state index in [0.29, 0.717) is 0 Å². The van der Waals surface area contributed by atoms with Gasteiger partial charge in [0.15, 0.2) is 0 Å². The highest BCUT2D eigenvalue weighted by atomic mass is 16.3. The Morgan fingerprint density at radius 2 is 2.41 bits per heavy atom. The van der Waals surface area contributed by atoms with Crippen LogP contribution in [0.4, 0.5) is 0 Å². The number of furan rings is 1. The van der Waals surface area contributed by atoms with Crippen LogP contribution in [0.15, 0.2) is 35.2 Å². The fourth-order valence-electron chi connectivity index (χ4n) is 1.85. The van der Waals surface area contributed by atoms with Crippen LogP contribution in [0, 0.1) is 0 Å². The summed E-state index contributed by atoms with van der Waals surface area (Å²) in [7, 11) is 2.00. The van der Waals surface area contributed by atoms with E-state index in [-0.39, 0.29) is 6.04 Å². The first kappa shape index (κ1) is 11.9. The molecule has 4 heteroatoms. The predicted molar refractivity (Wildman–Crippen MR) is 66.7 cm³/mol. The highest BCUT2D eigenvalue weighted by molar-refractivity contribution is 5.15. The van der Waals surface area contributed by atoms with Gasteiger partial charge in [-0.25, -0.2) is 4.98 Å². The maximum atomic E-state index is 5.49. The third-order valence-corrected chi connectivity index (χ3v) is 2.82. The molecular formula is C13H19N3O. The number of hydrogen-bond acceptors (Lipinski definition) is 3. The molecule has 0 fully saturated rings. The van der Waals surface area contributed by atoms with Gasteiger partial charge in [0, 0.05) is 19.4 Å². The SMILES string of the molecule is CCCCNC(c1ccco1)c1nccn1C. The van der Waals surface area contributed by atoms with E-state index in [4.69, 9.17) is 4.42 Å². The summed E-state index contributed by atoms with van der Waals surface area (Å²) in [5.74, 6) is 1.89. The zero-order chi connectivity index (χ0) is 12.1. The van der Waals surface area contributed by atoms with Crippen LogP contribution in [-0.4, -0.2) is 16.1 Å². The van der Waals surface area contributed by atoms with Crippen LogP contribution in [0.1, 0.15) is 37.4 Å². The highest BCUT2D eigenvalue weighted by Crippen LogP contribution is 2.20. The molecule has 1 N–H and O–H groups in total. The van der Waals surface area contributed by atoms with Crippen molar-refractivity contribution in [1.29, 1.82) is 0 Å². The van der Waals surface area contributed by atoms with Crippen LogP contribution in [0.2, 0.25) is 0 Å². The van der Waals surface area contributed by atoms with Gasteiger partial charge >= 0.3 is 0 Å². The van der Waals surface area contributed by atoms with Crippen molar-refractivity contribution < 1.29 is 4.42 Å². The average molecular weight is 233 g/mol. The normalized spacial score (nSPS) is 12.8. The molecule has 0 saturated heterocycles. The molecule has 4 nitrogen and oxygen atoms in total. The number of unbranched alkanes of at least 4 members (excludes halogenated alkanes) is 1. The number of hydrogen-bond donors (Lipinski definition) is 1. The molecule has 2 aromatic rings. The molecule has 1 unspecified atom stereocenters. The largest absolute Gasteiger partial charge is 0.467 e. The van der Waals surface area contributed by atoms with E-state index in [9.17, 15) is 0 Å². The molecule has 0 amide bonds. The molecule has 0 radical (unpaired) electrons. The molecule has 2 rings (SSSR count). The van der Waals surface area contributed by atoms with Gasteiger partial charge in [0.2, 0.25) is 0 Å². The van der Waals surface area contributed by atoms with E-state index in [1.807, 2.05) is 36.1 Å². The van der Waals surface area contributed by atoms with Gasteiger partial charge in [0.25, 0.3) is 0 Å². The lowest BCUT2D eigenvalue weighted by atomic mass is 10.2. The fourth-order valence-corrected chi connectivity index (χ4v) is 1.85. The zero-order valence-electron chi connectivity index (χ0n) is 10.4. The van der Waals surface area contributed by atoms with Gasteiger partial charge in [0.1, 0.15) is 17.6 Å². The van der Waals surface area contributed by atoms with Gasteiger partial charge < -0.3 is 14.3 Å². The molecule has 0 aliphatic rings. The van der Waals surface area contributed by atoms with Gasteiger partial charge in [-0.05, 0) is 25.1 Å². The van der Waals surface area contributed by atoms with E-state index in [2.05, 4.69) is 17.2 Å². The van der Waals surface area contributed by atoms with Crippen molar-refractivity contribution in [2.75, 3.05) is 6.54 Å². The summed E-state index contributed by atoms with van der Waals surface area (Å²) in [6.45, 7) is 3.15. The zero-order valence-corrected chi connectivity index (χ0v) is 10.4. The molecule has 0 saturated carbocycles. The summed E-state index contributed by atoms with van der Waals surface area (Å²) in [5, 5.41) is 3.49. The monoisotopic (exact) mass is 233 g/mol. The molecule has 92 valence electrons. The number of nitrogens with one attached hydrogen (secondary N) is 1. The number of rotatable bonds is 6. The number of imidazole rings is 1. The minimum absolute atomic E-state index is 0.0385. The fraction of sp³-hybridized carbons (Fsp3) is 0.462. The van der Waals surface area contributed by atoms with Gasteiger partial charge in [-0.2, -0.15) is 0 Å². The second kappa shape index (κ2) is 5.68. The first-order valence-electron chi connectivity index (χ1n) is 6.07. The second-order valence-corrected chi connectivity index (χ2v) is 4.15. The summed E-state index contributed by atoms with van der Waals surface area (Å²) in [6, 6.07) is 3.93. The number of aryl methyl sites for hydroxylation is 1. The van der Waals surface area contributed by atoms with Gasteiger partial charge in [-0.15, -0.1) is 0 Å². The Kier molecular flexibility index (Phi) is 3.98. The molecular weight excluding hydrogens is 214 g/mol. The molecule has 0 aliphatic heterocycles. The topological polar surface area (TPSA) is 43.0 Å². The molecule has 0 aliphatic carbocycles. The number of aromatic nitrogens is 2.